The number of phosphoric acid groups is 1. The summed E-state index contributed by atoms with van der Waals surface area (Å²) in [5.41, 5.74) is 5.33. The van der Waals surface area contributed by atoms with Crippen LogP contribution in [0.15, 0.2) is 0 Å². The van der Waals surface area contributed by atoms with Crippen LogP contribution in [-0.4, -0.2) is 49.9 Å². The molecule has 3 N–H and O–H groups in total. The van der Waals surface area contributed by atoms with Crippen LogP contribution in [-0.2, 0) is 27.9 Å². The third kappa shape index (κ3) is 30.8. The van der Waals surface area contributed by atoms with Gasteiger partial charge in [0.2, 0.25) is 0 Å². The molecule has 0 aromatic heterocycles. The van der Waals surface area contributed by atoms with E-state index in [4.69, 9.17) is 24.3 Å². The zero-order chi connectivity index (χ0) is 30.3. The highest BCUT2D eigenvalue weighted by Crippen LogP contribution is 2.43. The summed E-state index contributed by atoms with van der Waals surface area (Å²) in [7, 11) is -4.25. The van der Waals surface area contributed by atoms with E-state index in [0.29, 0.717) is 13.0 Å². The van der Waals surface area contributed by atoms with E-state index in [1.807, 2.05) is 0 Å². The molecule has 0 bridgehead atoms. The lowest BCUT2D eigenvalue weighted by molar-refractivity contribution is -0.154. The van der Waals surface area contributed by atoms with Crippen molar-refractivity contribution in [1.82, 2.24) is 0 Å². The van der Waals surface area contributed by atoms with Crippen LogP contribution in [0.25, 0.3) is 0 Å². The monoisotopic (exact) mass is 607 g/mol. The second-order valence-corrected chi connectivity index (χ2v) is 12.8. The summed E-state index contributed by atoms with van der Waals surface area (Å²) in [6.07, 6.45) is 26.8. The molecule has 9 heteroatoms. The maximum absolute atomic E-state index is 12.4. The number of phosphoric ester groups is 1. The number of carbonyl (C=O) groups is 1. The number of rotatable bonds is 33. The van der Waals surface area contributed by atoms with Gasteiger partial charge >= 0.3 is 13.8 Å². The summed E-state index contributed by atoms with van der Waals surface area (Å²) in [4.78, 5) is 22.2. The average Bonchev–Trinajstić information content (AvgIpc) is 2.96. The van der Waals surface area contributed by atoms with Crippen LogP contribution in [0.3, 0.4) is 0 Å². The maximum Gasteiger partial charge on any atom is 0.472 e. The molecule has 2 atom stereocenters. The molecule has 0 saturated carbocycles. The second-order valence-electron chi connectivity index (χ2n) is 11.4. The standard InChI is InChI=1S/C32H66NO7P/c1-3-5-7-9-11-13-15-16-18-20-22-24-27-37-29-31(30-39-41(35,36)38-28-26-33)40-32(34)25-23-21-19-17-14-12-10-8-6-4-2/h31H,3-30,33H2,1-2H3,(H,35,36)/t31-/m1/s1. The summed E-state index contributed by atoms with van der Waals surface area (Å²) in [5.74, 6) is -0.331. The third-order valence-electron chi connectivity index (χ3n) is 7.27. The fourth-order valence-corrected chi connectivity index (χ4v) is 5.53. The van der Waals surface area contributed by atoms with Crippen molar-refractivity contribution in [2.45, 2.75) is 168 Å². The van der Waals surface area contributed by atoms with E-state index in [1.54, 1.807) is 0 Å². The Hall–Kier alpha value is -0.500. The Balaban J connectivity index is 4.11. The van der Waals surface area contributed by atoms with Crippen molar-refractivity contribution >= 4 is 13.8 Å². The maximum atomic E-state index is 12.4. The molecule has 0 amide bonds. The number of ether oxygens (including phenoxy) is 2. The molecule has 0 aliphatic heterocycles. The molecular weight excluding hydrogens is 541 g/mol. The molecule has 0 spiro atoms. The second kappa shape index (κ2) is 30.9. The van der Waals surface area contributed by atoms with Crippen molar-refractivity contribution < 1.29 is 32.8 Å². The minimum atomic E-state index is -4.25. The first-order valence-electron chi connectivity index (χ1n) is 17.0. The topological polar surface area (TPSA) is 117 Å². The zero-order valence-electron chi connectivity index (χ0n) is 26.8. The lowest BCUT2D eigenvalue weighted by atomic mass is 10.1. The molecule has 8 nitrogen and oxygen atoms in total. The largest absolute Gasteiger partial charge is 0.472 e. The number of hydrogen-bond acceptors (Lipinski definition) is 7. The SMILES string of the molecule is CCCCCCCCCCCCCCOC[C@H](COP(=O)(O)OCCN)OC(=O)CCCCCCCCCCCC. The van der Waals surface area contributed by atoms with Crippen LogP contribution in [0.2, 0.25) is 0 Å². The van der Waals surface area contributed by atoms with Crippen molar-refractivity contribution in [3.63, 3.8) is 0 Å². The molecule has 0 saturated heterocycles. The van der Waals surface area contributed by atoms with E-state index in [0.717, 1.165) is 32.1 Å². The molecule has 246 valence electrons. The van der Waals surface area contributed by atoms with Gasteiger partial charge in [0.05, 0.1) is 19.8 Å². The van der Waals surface area contributed by atoms with Gasteiger partial charge in [0.25, 0.3) is 0 Å². The van der Waals surface area contributed by atoms with Crippen LogP contribution >= 0.6 is 7.82 Å². The van der Waals surface area contributed by atoms with Gasteiger partial charge in [0.1, 0.15) is 6.10 Å². The van der Waals surface area contributed by atoms with Gasteiger partial charge in [0.15, 0.2) is 0 Å². The summed E-state index contributed by atoms with van der Waals surface area (Å²) in [6.45, 7) is 4.92. The van der Waals surface area contributed by atoms with Crippen molar-refractivity contribution in [3.05, 3.63) is 0 Å². The first-order chi connectivity index (χ1) is 19.9. The summed E-state index contributed by atoms with van der Waals surface area (Å²) in [5, 5.41) is 0. The Morgan fingerprint density at radius 2 is 1.07 bits per heavy atom. The van der Waals surface area contributed by atoms with E-state index >= 15 is 0 Å². The fraction of sp³-hybridized carbons (Fsp3) is 0.969. The normalized spacial score (nSPS) is 13.8. The Morgan fingerprint density at radius 3 is 1.54 bits per heavy atom. The number of esters is 1. The highest BCUT2D eigenvalue weighted by Gasteiger charge is 2.25. The van der Waals surface area contributed by atoms with Gasteiger partial charge < -0.3 is 20.1 Å². The minimum Gasteiger partial charge on any atom is -0.457 e. The third-order valence-corrected chi connectivity index (χ3v) is 8.26. The van der Waals surface area contributed by atoms with Crippen molar-refractivity contribution in [1.29, 1.82) is 0 Å². The summed E-state index contributed by atoms with van der Waals surface area (Å²) < 4.78 is 33.1. The number of hydrogen-bond donors (Lipinski definition) is 2. The molecule has 41 heavy (non-hydrogen) atoms. The van der Waals surface area contributed by atoms with E-state index in [1.165, 1.54) is 109 Å². The molecule has 0 aliphatic carbocycles. The molecule has 0 aliphatic rings. The van der Waals surface area contributed by atoms with Crippen LogP contribution in [0, 0.1) is 0 Å². The highest BCUT2D eigenvalue weighted by molar-refractivity contribution is 7.47. The van der Waals surface area contributed by atoms with Crippen LogP contribution in [0.5, 0.6) is 0 Å². The summed E-state index contributed by atoms with van der Waals surface area (Å²) >= 11 is 0. The van der Waals surface area contributed by atoms with Gasteiger partial charge in [-0.05, 0) is 12.8 Å². The molecule has 1 unspecified atom stereocenters. The van der Waals surface area contributed by atoms with E-state index in [9.17, 15) is 14.3 Å². The average molecular weight is 608 g/mol. The molecule has 0 fully saturated rings. The van der Waals surface area contributed by atoms with Gasteiger partial charge in [0, 0.05) is 19.6 Å². The Kier molecular flexibility index (Phi) is 30.6. The molecule has 0 rings (SSSR count). The predicted molar refractivity (Wildman–Crippen MR) is 169 cm³/mol. The van der Waals surface area contributed by atoms with E-state index in [2.05, 4.69) is 13.8 Å². The van der Waals surface area contributed by atoms with E-state index < -0.39 is 13.9 Å². The fourth-order valence-electron chi connectivity index (χ4n) is 4.76. The smallest absolute Gasteiger partial charge is 0.457 e. The minimum absolute atomic E-state index is 0.0908. The first-order valence-corrected chi connectivity index (χ1v) is 18.5. The van der Waals surface area contributed by atoms with E-state index in [-0.39, 0.29) is 32.3 Å². The molecule has 0 aromatic carbocycles. The summed E-state index contributed by atoms with van der Waals surface area (Å²) in [6, 6.07) is 0. The highest BCUT2D eigenvalue weighted by atomic mass is 31.2. The van der Waals surface area contributed by atoms with Gasteiger partial charge in [-0.1, -0.05) is 142 Å². The van der Waals surface area contributed by atoms with Gasteiger partial charge in [-0.25, -0.2) is 4.57 Å². The molecule has 0 aromatic rings. The molecule has 0 heterocycles. The first kappa shape index (κ1) is 40.5. The Bertz CT molecular complexity index is 609. The van der Waals surface area contributed by atoms with Crippen LogP contribution in [0.4, 0.5) is 0 Å². The van der Waals surface area contributed by atoms with Crippen molar-refractivity contribution in [2.24, 2.45) is 5.73 Å². The van der Waals surface area contributed by atoms with Gasteiger partial charge in [-0.15, -0.1) is 0 Å². The quantitative estimate of drug-likeness (QED) is 0.0431. The lowest BCUT2D eigenvalue weighted by Gasteiger charge is -2.20. The van der Waals surface area contributed by atoms with Crippen molar-refractivity contribution in [2.75, 3.05) is 33.0 Å². The van der Waals surface area contributed by atoms with Crippen molar-refractivity contribution in [3.8, 4) is 0 Å². The number of carbonyl (C=O) groups excluding carboxylic acids is 1. The Labute approximate surface area is 252 Å². The van der Waals surface area contributed by atoms with Crippen LogP contribution in [0.1, 0.15) is 162 Å². The van der Waals surface area contributed by atoms with Crippen LogP contribution < -0.4 is 5.73 Å². The zero-order valence-corrected chi connectivity index (χ0v) is 27.7. The Morgan fingerprint density at radius 1 is 0.634 bits per heavy atom. The predicted octanol–water partition coefficient (Wildman–Crippen LogP) is 9.02. The number of unbranched alkanes of at least 4 members (excludes halogenated alkanes) is 20. The van der Waals surface area contributed by atoms with Gasteiger partial charge in [-0.2, -0.15) is 0 Å². The number of nitrogens with two attached hydrogens (primary N) is 1. The molecular formula is C32H66NO7P. The lowest BCUT2D eigenvalue weighted by Crippen LogP contribution is -2.28. The molecule has 0 radical (unpaired) electrons. The van der Waals surface area contributed by atoms with Gasteiger partial charge in [-0.3, -0.25) is 13.8 Å².